The van der Waals surface area contributed by atoms with Gasteiger partial charge in [0.15, 0.2) is 0 Å². The number of rotatable bonds is 6. The molecule has 1 N–H and O–H groups in total. The second-order valence-electron chi connectivity index (χ2n) is 7.14. The SMILES string of the molecule is Cc1ccc(SCCNC(=O)C2CCN(C(=O)c3ccc(F)cc3F)CC2)cc1. The van der Waals surface area contributed by atoms with Crippen LogP contribution in [0.1, 0.15) is 28.8 Å². The Labute approximate surface area is 173 Å². The first-order chi connectivity index (χ1) is 13.9. The van der Waals surface area contributed by atoms with Crippen molar-refractivity contribution in [3.8, 4) is 0 Å². The van der Waals surface area contributed by atoms with E-state index in [1.165, 1.54) is 15.4 Å². The number of nitrogens with zero attached hydrogens (tertiary/aromatic N) is 1. The molecule has 7 heteroatoms. The van der Waals surface area contributed by atoms with Gasteiger partial charge in [-0.1, -0.05) is 17.7 Å². The number of benzene rings is 2. The number of carbonyl (C=O) groups excluding carboxylic acids is 2. The number of nitrogens with one attached hydrogen (secondary N) is 1. The molecule has 2 amide bonds. The summed E-state index contributed by atoms with van der Waals surface area (Å²) in [6.07, 6.45) is 1.07. The second-order valence-corrected chi connectivity index (χ2v) is 8.31. The van der Waals surface area contributed by atoms with E-state index in [2.05, 4.69) is 29.6 Å². The Morgan fingerprint density at radius 3 is 2.45 bits per heavy atom. The van der Waals surface area contributed by atoms with Crippen LogP contribution < -0.4 is 5.32 Å². The van der Waals surface area contributed by atoms with Gasteiger partial charge < -0.3 is 10.2 Å². The van der Waals surface area contributed by atoms with Crippen LogP contribution in [-0.4, -0.2) is 42.1 Å². The fourth-order valence-corrected chi connectivity index (χ4v) is 4.07. The van der Waals surface area contributed by atoms with Crippen LogP contribution in [0.5, 0.6) is 0 Å². The minimum Gasteiger partial charge on any atom is -0.355 e. The van der Waals surface area contributed by atoms with Crippen LogP contribution >= 0.6 is 11.8 Å². The first-order valence-electron chi connectivity index (χ1n) is 9.65. The summed E-state index contributed by atoms with van der Waals surface area (Å²) in [5.41, 5.74) is 1.08. The molecule has 1 fully saturated rings. The standard InChI is InChI=1S/C22H24F2N2O2S/c1-15-2-5-18(6-3-15)29-13-10-25-21(27)16-8-11-26(12-9-16)22(28)19-7-4-17(23)14-20(19)24/h2-7,14,16H,8-13H2,1H3,(H,25,27). The quantitative estimate of drug-likeness (QED) is 0.569. The summed E-state index contributed by atoms with van der Waals surface area (Å²) in [6, 6.07) is 11.2. The van der Waals surface area contributed by atoms with E-state index in [0.717, 1.165) is 17.9 Å². The molecule has 0 spiro atoms. The highest BCUT2D eigenvalue weighted by atomic mass is 32.2. The van der Waals surface area contributed by atoms with E-state index in [4.69, 9.17) is 0 Å². The summed E-state index contributed by atoms with van der Waals surface area (Å²) in [5.74, 6) is -1.40. The molecule has 0 unspecified atom stereocenters. The Balaban J connectivity index is 1.41. The zero-order chi connectivity index (χ0) is 20.8. The van der Waals surface area contributed by atoms with Crippen LogP contribution in [-0.2, 0) is 4.79 Å². The zero-order valence-corrected chi connectivity index (χ0v) is 17.1. The van der Waals surface area contributed by atoms with Gasteiger partial charge in [-0.3, -0.25) is 9.59 Å². The minimum atomic E-state index is -0.860. The van der Waals surface area contributed by atoms with Crippen LogP contribution in [0.25, 0.3) is 0 Å². The van der Waals surface area contributed by atoms with Crippen molar-refractivity contribution in [3.05, 3.63) is 65.2 Å². The normalized spacial score (nSPS) is 14.7. The second kappa shape index (κ2) is 9.87. The third-order valence-corrected chi connectivity index (χ3v) is 6.02. The van der Waals surface area contributed by atoms with E-state index in [1.54, 1.807) is 11.8 Å². The van der Waals surface area contributed by atoms with Crippen LogP contribution in [0.15, 0.2) is 47.4 Å². The van der Waals surface area contributed by atoms with Crippen molar-refractivity contribution in [3.63, 3.8) is 0 Å². The summed E-state index contributed by atoms with van der Waals surface area (Å²) >= 11 is 1.69. The molecule has 154 valence electrons. The summed E-state index contributed by atoms with van der Waals surface area (Å²) in [4.78, 5) is 27.5. The summed E-state index contributed by atoms with van der Waals surface area (Å²) < 4.78 is 26.8. The van der Waals surface area contributed by atoms with Crippen LogP contribution in [0.4, 0.5) is 8.78 Å². The Kier molecular flexibility index (Phi) is 7.25. The molecule has 0 aliphatic carbocycles. The maximum absolute atomic E-state index is 13.8. The van der Waals surface area contributed by atoms with Gasteiger partial charge in [0.05, 0.1) is 5.56 Å². The molecule has 3 rings (SSSR count). The molecule has 0 saturated carbocycles. The maximum atomic E-state index is 13.8. The molecule has 0 radical (unpaired) electrons. The van der Waals surface area contributed by atoms with E-state index in [-0.39, 0.29) is 17.4 Å². The van der Waals surface area contributed by atoms with Gasteiger partial charge in [-0.15, -0.1) is 11.8 Å². The molecule has 2 aromatic rings. The molecule has 0 atom stereocenters. The number of halogens is 2. The van der Waals surface area contributed by atoms with Crippen LogP contribution in [0.3, 0.4) is 0 Å². The van der Waals surface area contributed by atoms with Crippen molar-refractivity contribution >= 4 is 23.6 Å². The molecule has 1 heterocycles. The average molecular weight is 419 g/mol. The predicted octanol–water partition coefficient (Wildman–Crippen LogP) is 4.03. The van der Waals surface area contributed by atoms with Crippen molar-refractivity contribution in [1.29, 1.82) is 0 Å². The van der Waals surface area contributed by atoms with E-state index in [1.807, 2.05) is 6.92 Å². The van der Waals surface area contributed by atoms with Crippen LogP contribution in [0.2, 0.25) is 0 Å². The van der Waals surface area contributed by atoms with E-state index >= 15 is 0 Å². The molecule has 1 aliphatic heterocycles. The molecule has 2 aromatic carbocycles. The number of piperidine rings is 1. The molecule has 1 aliphatic rings. The molecule has 0 aromatic heterocycles. The Hall–Kier alpha value is -2.41. The fraction of sp³-hybridized carbons (Fsp3) is 0.364. The van der Waals surface area contributed by atoms with Gasteiger partial charge in [0.25, 0.3) is 5.91 Å². The minimum absolute atomic E-state index is 0.00503. The lowest BCUT2D eigenvalue weighted by Gasteiger charge is -2.31. The Morgan fingerprint density at radius 1 is 1.10 bits per heavy atom. The van der Waals surface area contributed by atoms with Crippen molar-refractivity contribution in [2.24, 2.45) is 5.92 Å². The molecule has 1 saturated heterocycles. The zero-order valence-electron chi connectivity index (χ0n) is 16.3. The van der Waals surface area contributed by atoms with Crippen molar-refractivity contribution in [2.75, 3.05) is 25.4 Å². The lowest BCUT2D eigenvalue weighted by molar-refractivity contribution is -0.126. The molecular weight excluding hydrogens is 394 g/mol. The predicted molar refractivity (Wildman–Crippen MR) is 110 cm³/mol. The lowest BCUT2D eigenvalue weighted by atomic mass is 9.95. The van der Waals surface area contributed by atoms with Gasteiger partial charge >= 0.3 is 0 Å². The van der Waals surface area contributed by atoms with Crippen LogP contribution in [0, 0.1) is 24.5 Å². The number of amides is 2. The highest BCUT2D eigenvalue weighted by Crippen LogP contribution is 2.21. The van der Waals surface area contributed by atoms with Gasteiger partial charge in [0.2, 0.25) is 5.91 Å². The number of aryl methyl sites for hydroxylation is 1. The average Bonchev–Trinajstić information content (AvgIpc) is 2.72. The van der Waals surface area contributed by atoms with Gasteiger partial charge in [0, 0.05) is 42.3 Å². The monoisotopic (exact) mass is 418 g/mol. The topological polar surface area (TPSA) is 49.4 Å². The lowest BCUT2D eigenvalue weighted by Crippen LogP contribution is -2.43. The van der Waals surface area contributed by atoms with Crippen molar-refractivity contribution in [1.82, 2.24) is 10.2 Å². The highest BCUT2D eigenvalue weighted by Gasteiger charge is 2.28. The molecule has 29 heavy (non-hydrogen) atoms. The summed E-state index contributed by atoms with van der Waals surface area (Å²) in [7, 11) is 0. The third kappa shape index (κ3) is 5.79. The maximum Gasteiger partial charge on any atom is 0.256 e. The van der Waals surface area contributed by atoms with Crippen molar-refractivity contribution in [2.45, 2.75) is 24.7 Å². The number of likely N-dealkylation sites (tertiary alicyclic amines) is 1. The van der Waals surface area contributed by atoms with Gasteiger partial charge in [0.1, 0.15) is 11.6 Å². The largest absolute Gasteiger partial charge is 0.355 e. The number of carbonyl (C=O) groups is 2. The van der Waals surface area contributed by atoms with Crippen molar-refractivity contribution < 1.29 is 18.4 Å². The molecule has 0 bridgehead atoms. The number of thioether (sulfide) groups is 1. The van der Waals surface area contributed by atoms with E-state index in [9.17, 15) is 18.4 Å². The van der Waals surface area contributed by atoms with Gasteiger partial charge in [-0.05, 0) is 44.0 Å². The highest BCUT2D eigenvalue weighted by molar-refractivity contribution is 7.99. The first-order valence-corrected chi connectivity index (χ1v) is 10.6. The smallest absolute Gasteiger partial charge is 0.256 e. The molecular formula is C22H24F2N2O2S. The number of hydrogen-bond donors (Lipinski definition) is 1. The first kappa shape index (κ1) is 21.3. The van der Waals surface area contributed by atoms with Gasteiger partial charge in [-0.2, -0.15) is 0 Å². The van der Waals surface area contributed by atoms with E-state index in [0.29, 0.717) is 38.5 Å². The number of hydrogen-bond acceptors (Lipinski definition) is 3. The summed E-state index contributed by atoms with van der Waals surface area (Å²) in [6.45, 7) is 3.39. The van der Waals surface area contributed by atoms with Gasteiger partial charge in [-0.25, -0.2) is 8.78 Å². The van der Waals surface area contributed by atoms with E-state index < -0.39 is 17.5 Å². The Morgan fingerprint density at radius 2 is 1.79 bits per heavy atom. The summed E-state index contributed by atoms with van der Waals surface area (Å²) in [5, 5.41) is 2.96. The fourth-order valence-electron chi connectivity index (χ4n) is 3.30. The Bertz CT molecular complexity index is 866. The third-order valence-electron chi connectivity index (χ3n) is 5.01. The molecule has 4 nitrogen and oxygen atoms in total.